The van der Waals surface area contributed by atoms with E-state index in [1.807, 2.05) is 0 Å². The van der Waals surface area contributed by atoms with Crippen LogP contribution < -0.4 is 5.32 Å². The van der Waals surface area contributed by atoms with E-state index in [9.17, 15) is 9.59 Å². The van der Waals surface area contributed by atoms with Gasteiger partial charge in [0.15, 0.2) is 0 Å². The fourth-order valence-electron chi connectivity index (χ4n) is 1.85. The number of rotatable bonds is 4. The Balaban J connectivity index is 2.40. The summed E-state index contributed by atoms with van der Waals surface area (Å²) in [5.41, 5.74) is 1.65. The molecule has 0 aliphatic rings. The molecule has 0 saturated carbocycles. The van der Waals surface area contributed by atoms with Crippen LogP contribution in [0.5, 0.6) is 0 Å². The Hall–Kier alpha value is -2.34. The number of ether oxygens (including phenoxy) is 2. The molecule has 0 spiro atoms. The number of aromatic nitrogens is 1. The molecule has 0 aliphatic heterocycles. The quantitative estimate of drug-likeness (QED) is 0.819. The van der Waals surface area contributed by atoms with Crippen molar-refractivity contribution in [2.24, 2.45) is 0 Å². The Bertz CT molecular complexity index is 618. The van der Waals surface area contributed by atoms with Crippen molar-refractivity contribution in [3.05, 3.63) is 30.0 Å². The summed E-state index contributed by atoms with van der Waals surface area (Å²) in [6.07, 6.45) is 1.72. The summed E-state index contributed by atoms with van der Waals surface area (Å²) in [5.74, 6) is -0.739. The van der Waals surface area contributed by atoms with Crippen molar-refractivity contribution < 1.29 is 19.1 Å². The third kappa shape index (κ3) is 2.74. The van der Waals surface area contributed by atoms with E-state index in [-0.39, 0.29) is 12.5 Å². The van der Waals surface area contributed by atoms with Crippen LogP contribution in [-0.4, -0.2) is 37.7 Å². The molecule has 1 aromatic carbocycles. The molecule has 0 saturated heterocycles. The van der Waals surface area contributed by atoms with Gasteiger partial charge in [0.2, 0.25) is 5.91 Å². The molecule has 0 radical (unpaired) electrons. The lowest BCUT2D eigenvalue weighted by molar-refractivity contribution is -0.119. The normalized spacial score (nSPS) is 10.4. The van der Waals surface area contributed by atoms with Crippen LogP contribution in [-0.2, 0) is 14.3 Å². The first-order valence-electron chi connectivity index (χ1n) is 5.64. The Morgan fingerprint density at radius 2 is 2.11 bits per heavy atom. The van der Waals surface area contributed by atoms with Crippen LogP contribution in [0, 0.1) is 0 Å². The molecule has 2 aromatic rings. The molecule has 2 rings (SSSR count). The van der Waals surface area contributed by atoms with Crippen LogP contribution in [0.15, 0.2) is 24.4 Å². The minimum absolute atomic E-state index is 0.0453. The van der Waals surface area contributed by atoms with E-state index in [1.165, 1.54) is 14.2 Å². The third-order valence-corrected chi connectivity index (χ3v) is 2.63. The van der Waals surface area contributed by atoms with E-state index in [0.29, 0.717) is 11.3 Å². The fourth-order valence-corrected chi connectivity index (χ4v) is 1.85. The second-order valence-electron chi connectivity index (χ2n) is 3.94. The minimum atomic E-state index is -0.451. The molecule has 6 heteroatoms. The van der Waals surface area contributed by atoms with Crippen LogP contribution >= 0.6 is 0 Å². The standard InChI is InChI=1S/C13H14N2O4/c1-18-7-12(16)15-8-5-10(13(17)19-2)9-3-4-14-11(9)6-8/h3-6,14H,7H2,1-2H3,(H,15,16). The first-order chi connectivity index (χ1) is 9.15. The number of aromatic amines is 1. The molecule has 0 fully saturated rings. The smallest absolute Gasteiger partial charge is 0.338 e. The minimum Gasteiger partial charge on any atom is -0.465 e. The monoisotopic (exact) mass is 262 g/mol. The van der Waals surface area contributed by atoms with E-state index >= 15 is 0 Å². The Kier molecular flexibility index (Phi) is 3.82. The van der Waals surface area contributed by atoms with E-state index in [1.54, 1.807) is 24.4 Å². The van der Waals surface area contributed by atoms with Crippen molar-refractivity contribution in [2.45, 2.75) is 0 Å². The molecule has 0 aliphatic carbocycles. The summed E-state index contributed by atoms with van der Waals surface area (Å²) >= 11 is 0. The fraction of sp³-hybridized carbons (Fsp3) is 0.231. The zero-order chi connectivity index (χ0) is 13.8. The van der Waals surface area contributed by atoms with Gasteiger partial charge in [-0.15, -0.1) is 0 Å². The number of esters is 1. The summed E-state index contributed by atoms with van der Waals surface area (Å²) in [6, 6.07) is 5.10. The number of amides is 1. The number of hydrogen-bond acceptors (Lipinski definition) is 4. The van der Waals surface area contributed by atoms with Crippen LogP contribution in [0.1, 0.15) is 10.4 Å². The molecule has 0 atom stereocenters. The molecular weight excluding hydrogens is 248 g/mol. The molecule has 0 bridgehead atoms. The van der Waals surface area contributed by atoms with Crippen molar-refractivity contribution in [1.29, 1.82) is 0 Å². The molecule has 1 aromatic heterocycles. The van der Waals surface area contributed by atoms with Gasteiger partial charge in [-0.3, -0.25) is 4.79 Å². The van der Waals surface area contributed by atoms with Gasteiger partial charge in [-0.25, -0.2) is 4.79 Å². The van der Waals surface area contributed by atoms with Crippen molar-refractivity contribution in [3.8, 4) is 0 Å². The second kappa shape index (κ2) is 5.53. The number of carbonyl (C=O) groups excluding carboxylic acids is 2. The lowest BCUT2D eigenvalue weighted by atomic mass is 10.1. The molecule has 1 heterocycles. The molecule has 2 N–H and O–H groups in total. The Morgan fingerprint density at radius 3 is 2.79 bits per heavy atom. The summed E-state index contributed by atoms with van der Waals surface area (Å²) in [5, 5.41) is 3.40. The number of hydrogen-bond donors (Lipinski definition) is 2. The maximum absolute atomic E-state index is 11.7. The lowest BCUT2D eigenvalue weighted by Gasteiger charge is -2.08. The van der Waals surface area contributed by atoms with Gasteiger partial charge in [0.05, 0.1) is 12.7 Å². The maximum Gasteiger partial charge on any atom is 0.338 e. The van der Waals surface area contributed by atoms with Gasteiger partial charge in [0.1, 0.15) is 6.61 Å². The summed E-state index contributed by atoms with van der Waals surface area (Å²) in [4.78, 5) is 26.2. The molecule has 19 heavy (non-hydrogen) atoms. The van der Waals surface area contributed by atoms with Gasteiger partial charge in [-0.2, -0.15) is 0 Å². The van der Waals surface area contributed by atoms with Gasteiger partial charge in [0.25, 0.3) is 0 Å². The SMILES string of the molecule is COCC(=O)Nc1cc(C(=O)OC)c2cc[nH]c2c1. The van der Waals surface area contributed by atoms with Gasteiger partial charge < -0.3 is 19.8 Å². The molecule has 0 unspecified atom stereocenters. The Labute approximate surface area is 109 Å². The second-order valence-corrected chi connectivity index (χ2v) is 3.94. The van der Waals surface area contributed by atoms with Crippen LogP contribution in [0.4, 0.5) is 5.69 Å². The van der Waals surface area contributed by atoms with Crippen molar-refractivity contribution >= 4 is 28.5 Å². The van der Waals surface area contributed by atoms with Crippen molar-refractivity contribution in [3.63, 3.8) is 0 Å². The highest BCUT2D eigenvalue weighted by Crippen LogP contribution is 2.23. The van der Waals surface area contributed by atoms with E-state index in [0.717, 1.165) is 10.9 Å². The number of benzene rings is 1. The average Bonchev–Trinajstić information content (AvgIpc) is 2.85. The Morgan fingerprint density at radius 1 is 1.32 bits per heavy atom. The molecular formula is C13H14N2O4. The predicted octanol–water partition coefficient (Wildman–Crippen LogP) is 1.54. The first kappa shape index (κ1) is 13.1. The van der Waals surface area contributed by atoms with Crippen molar-refractivity contribution in [2.75, 3.05) is 26.1 Å². The average molecular weight is 262 g/mol. The van der Waals surface area contributed by atoms with E-state index in [2.05, 4.69) is 10.3 Å². The first-order valence-corrected chi connectivity index (χ1v) is 5.64. The third-order valence-electron chi connectivity index (χ3n) is 2.63. The number of fused-ring (bicyclic) bond motifs is 1. The van der Waals surface area contributed by atoms with Crippen LogP contribution in [0.3, 0.4) is 0 Å². The van der Waals surface area contributed by atoms with Gasteiger partial charge in [-0.1, -0.05) is 0 Å². The zero-order valence-corrected chi connectivity index (χ0v) is 10.6. The van der Waals surface area contributed by atoms with Crippen LogP contribution in [0.2, 0.25) is 0 Å². The largest absolute Gasteiger partial charge is 0.465 e. The summed E-state index contributed by atoms with van der Waals surface area (Å²) < 4.78 is 9.47. The van der Waals surface area contributed by atoms with Gasteiger partial charge in [0, 0.05) is 29.9 Å². The zero-order valence-electron chi connectivity index (χ0n) is 10.6. The predicted molar refractivity (Wildman–Crippen MR) is 70.1 cm³/mol. The lowest BCUT2D eigenvalue weighted by Crippen LogP contribution is -2.17. The molecule has 100 valence electrons. The highest BCUT2D eigenvalue weighted by molar-refractivity contribution is 6.06. The number of nitrogens with one attached hydrogen (secondary N) is 2. The topological polar surface area (TPSA) is 80.4 Å². The summed E-state index contributed by atoms with van der Waals surface area (Å²) in [6.45, 7) is -0.0453. The van der Waals surface area contributed by atoms with E-state index < -0.39 is 5.97 Å². The highest BCUT2D eigenvalue weighted by atomic mass is 16.5. The molecule has 1 amide bonds. The van der Waals surface area contributed by atoms with Gasteiger partial charge >= 0.3 is 5.97 Å². The maximum atomic E-state index is 11.7. The summed E-state index contributed by atoms with van der Waals surface area (Å²) in [7, 11) is 2.75. The molecule has 6 nitrogen and oxygen atoms in total. The van der Waals surface area contributed by atoms with Crippen LogP contribution in [0.25, 0.3) is 10.9 Å². The number of methoxy groups -OCH3 is 2. The van der Waals surface area contributed by atoms with Gasteiger partial charge in [-0.05, 0) is 18.2 Å². The number of carbonyl (C=O) groups is 2. The highest BCUT2D eigenvalue weighted by Gasteiger charge is 2.13. The van der Waals surface area contributed by atoms with Crippen molar-refractivity contribution in [1.82, 2.24) is 4.98 Å². The number of anilines is 1. The number of H-pyrrole nitrogens is 1. The van der Waals surface area contributed by atoms with E-state index in [4.69, 9.17) is 9.47 Å².